The average molecular weight is 387 g/mol. The lowest BCUT2D eigenvalue weighted by molar-refractivity contribution is 0.0501. The zero-order valence-corrected chi connectivity index (χ0v) is 17.2. The molecule has 0 unspecified atom stereocenters. The standard InChI is InChI=1S/C18H28F2N2O3Si/c1-6-25-16(23)15-12-9-14-17(2,18(14,19)20)10-13(12)22(21-15)11-24-7-8-26(3,4)5/h14H,6-11H2,1-5H3/t14-,17+/m0/s1. The maximum atomic E-state index is 14.2. The van der Waals surface area contributed by atoms with Crippen LogP contribution in [0.5, 0.6) is 0 Å². The van der Waals surface area contributed by atoms with Gasteiger partial charge in [-0.25, -0.2) is 18.3 Å². The van der Waals surface area contributed by atoms with Crippen LogP contribution in [0, 0.1) is 11.3 Å². The van der Waals surface area contributed by atoms with Crippen molar-refractivity contribution in [1.29, 1.82) is 0 Å². The van der Waals surface area contributed by atoms with E-state index in [0.29, 0.717) is 17.9 Å². The Morgan fingerprint density at radius 2 is 2.08 bits per heavy atom. The molecule has 0 spiro atoms. The van der Waals surface area contributed by atoms with Gasteiger partial charge in [0.15, 0.2) is 5.69 Å². The Morgan fingerprint density at radius 1 is 1.38 bits per heavy atom. The summed E-state index contributed by atoms with van der Waals surface area (Å²) in [7, 11) is -1.21. The van der Waals surface area contributed by atoms with Gasteiger partial charge >= 0.3 is 5.97 Å². The quantitative estimate of drug-likeness (QED) is 0.407. The fourth-order valence-electron chi connectivity index (χ4n) is 3.77. The highest BCUT2D eigenvalue weighted by Crippen LogP contribution is 2.70. The van der Waals surface area contributed by atoms with Crippen LogP contribution in [0.3, 0.4) is 0 Å². The lowest BCUT2D eigenvalue weighted by Crippen LogP contribution is -2.23. The molecule has 0 amide bonds. The van der Waals surface area contributed by atoms with Gasteiger partial charge in [-0.1, -0.05) is 26.6 Å². The van der Waals surface area contributed by atoms with Crippen LogP contribution in [0.4, 0.5) is 8.78 Å². The third-order valence-electron chi connectivity index (χ3n) is 5.67. The fraction of sp³-hybridized carbons (Fsp3) is 0.778. The van der Waals surface area contributed by atoms with Crippen molar-refractivity contribution in [1.82, 2.24) is 9.78 Å². The van der Waals surface area contributed by atoms with E-state index < -0.39 is 31.3 Å². The maximum absolute atomic E-state index is 14.2. The summed E-state index contributed by atoms with van der Waals surface area (Å²) >= 11 is 0. The number of carbonyl (C=O) groups excluding carboxylic acids is 1. The zero-order valence-electron chi connectivity index (χ0n) is 16.2. The number of alkyl halides is 2. The number of halogens is 2. The molecule has 1 saturated carbocycles. The predicted octanol–water partition coefficient (Wildman–Crippen LogP) is 3.74. The SMILES string of the molecule is CCOC(=O)c1nn(COCC[Si](C)(C)C)c2c1C[C@@H]1C(F)(F)[C@]1(C)C2. The molecular weight excluding hydrogens is 358 g/mol. The molecule has 2 aliphatic carbocycles. The second-order valence-electron chi connectivity index (χ2n) is 8.82. The number of rotatable bonds is 7. The minimum absolute atomic E-state index is 0.167. The van der Waals surface area contributed by atoms with E-state index in [-0.39, 0.29) is 31.9 Å². The largest absolute Gasteiger partial charge is 0.461 e. The lowest BCUT2D eigenvalue weighted by atomic mass is 9.87. The number of hydrogen-bond acceptors (Lipinski definition) is 4. The minimum Gasteiger partial charge on any atom is -0.461 e. The molecule has 5 nitrogen and oxygen atoms in total. The molecule has 26 heavy (non-hydrogen) atoms. The van der Waals surface area contributed by atoms with Crippen LogP contribution in [-0.2, 0) is 29.0 Å². The molecule has 2 atom stereocenters. The third-order valence-corrected chi connectivity index (χ3v) is 7.38. The highest BCUT2D eigenvalue weighted by Gasteiger charge is 2.78. The number of ether oxygens (including phenoxy) is 2. The summed E-state index contributed by atoms with van der Waals surface area (Å²) in [6.07, 6.45) is 0.381. The van der Waals surface area contributed by atoms with Gasteiger partial charge in [-0.2, -0.15) is 5.10 Å². The Bertz CT molecular complexity index is 714. The van der Waals surface area contributed by atoms with Crippen molar-refractivity contribution >= 4 is 14.0 Å². The molecular formula is C18H28F2N2O3Si. The molecule has 0 radical (unpaired) electrons. The summed E-state index contributed by atoms with van der Waals surface area (Å²) in [5.74, 6) is -3.96. The number of esters is 1. The fourth-order valence-corrected chi connectivity index (χ4v) is 4.52. The summed E-state index contributed by atoms with van der Waals surface area (Å²) in [5.41, 5.74) is 0.427. The second-order valence-corrected chi connectivity index (χ2v) is 14.4. The number of aromatic nitrogens is 2. The van der Waals surface area contributed by atoms with Crippen molar-refractivity contribution in [2.45, 2.75) is 65.0 Å². The molecule has 0 bridgehead atoms. The predicted molar refractivity (Wildman–Crippen MR) is 96.2 cm³/mol. The van der Waals surface area contributed by atoms with Gasteiger partial charge in [0.1, 0.15) is 6.73 Å². The van der Waals surface area contributed by atoms with E-state index in [1.54, 1.807) is 18.5 Å². The van der Waals surface area contributed by atoms with Crippen LogP contribution in [-0.4, -0.2) is 43.0 Å². The van der Waals surface area contributed by atoms with E-state index in [1.807, 2.05) is 0 Å². The molecule has 1 fully saturated rings. The van der Waals surface area contributed by atoms with E-state index in [1.165, 1.54) is 0 Å². The Labute approximate surface area is 154 Å². The molecule has 1 aromatic heterocycles. The number of nitrogens with zero attached hydrogens (tertiary/aromatic N) is 2. The van der Waals surface area contributed by atoms with E-state index in [4.69, 9.17) is 9.47 Å². The maximum Gasteiger partial charge on any atom is 0.359 e. The van der Waals surface area contributed by atoms with E-state index in [9.17, 15) is 13.6 Å². The first-order valence-corrected chi connectivity index (χ1v) is 12.9. The summed E-state index contributed by atoms with van der Waals surface area (Å²) in [5, 5.41) is 4.36. The first-order chi connectivity index (χ1) is 12.0. The smallest absolute Gasteiger partial charge is 0.359 e. The van der Waals surface area contributed by atoms with Crippen LogP contribution in [0.2, 0.25) is 25.7 Å². The van der Waals surface area contributed by atoms with Gasteiger partial charge < -0.3 is 9.47 Å². The van der Waals surface area contributed by atoms with Gasteiger partial charge in [0.05, 0.1) is 6.61 Å². The van der Waals surface area contributed by atoms with Crippen molar-refractivity contribution < 1.29 is 23.0 Å². The zero-order chi connectivity index (χ0) is 19.3. The third kappa shape index (κ3) is 3.22. The van der Waals surface area contributed by atoms with Gasteiger partial charge in [0, 0.05) is 43.7 Å². The van der Waals surface area contributed by atoms with E-state index in [2.05, 4.69) is 24.7 Å². The lowest BCUT2D eigenvalue weighted by Gasteiger charge is -2.19. The average Bonchev–Trinajstić information content (AvgIpc) is 2.81. The van der Waals surface area contributed by atoms with Crippen molar-refractivity contribution in [3.63, 3.8) is 0 Å². The van der Waals surface area contributed by atoms with Crippen molar-refractivity contribution in [3.05, 3.63) is 17.0 Å². The topological polar surface area (TPSA) is 53.3 Å². The van der Waals surface area contributed by atoms with Gasteiger partial charge in [-0.15, -0.1) is 0 Å². The molecule has 0 aliphatic heterocycles. The van der Waals surface area contributed by atoms with Crippen LogP contribution in [0.25, 0.3) is 0 Å². The van der Waals surface area contributed by atoms with Gasteiger partial charge in [0.25, 0.3) is 5.92 Å². The van der Waals surface area contributed by atoms with Crippen molar-refractivity contribution in [2.24, 2.45) is 11.3 Å². The highest BCUT2D eigenvalue weighted by atomic mass is 28.3. The molecule has 1 aromatic rings. The van der Waals surface area contributed by atoms with Gasteiger partial charge in [0.2, 0.25) is 0 Å². The summed E-state index contributed by atoms with van der Waals surface area (Å²) in [4.78, 5) is 12.2. The second kappa shape index (κ2) is 6.40. The van der Waals surface area contributed by atoms with E-state index in [0.717, 1.165) is 6.04 Å². The summed E-state index contributed by atoms with van der Waals surface area (Å²) < 4.78 is 40.8. The summed E-state index contributed by atoms with van der Waals surface area (Å²) in [6.45, 7) is 11.1. The minimum atomic E-state index is -2.69. The Balaban J connectivity index is 1.81. The van der Waals surface area contributed by atoms with Crippen molar-refractivity contribution in [2.75, 3.05) is 13.2 Å². The van der Waals surface area contributed by atoms with Gasteiger partial charge in [-0.05, 0) is 19.4 Å². The molecule has 146 valence electrons. The molecule has 0 saturated heterocycles. The number of fused-ring (bicyclic) bond motifs is 2. The molecule has 2 aliphatic rings. The van der Waals surface area contributed by atoms with E-state index >= 15 is 0 Å². The van der Waals surface area contributed by atoms with Crippen LogP contribution < -0.4 is 0 Å². The molecule has 3 rings (SSSR count). The molecule has 1 heterocycles. The van der Waals surface area contributed by atoms with Crippen LogP contribution in [0.1, 0.15) is 35.6 Å². The number of hydrogen-bond donors (Lipinski definition) is 0. The monoisotopic (exact) mass is 386 g/mol. The Hall–Kier alpha value is -1.28. The molecule has 8 heteroatoms. The normalized spacial score (nSPS) is 26.2. The Kier molecular flexibility index (Phi) is 4.80. The highest BCUT2D eigenvalue weighted by molar-refractivity contribution is 6.76. The first kappa shape index (κ1) is 19.5. The van der Waals surface area contributed by atoms with Gasteiger partial charge in [-0.3, -0.25) is 0 Å². The van der Waals surface area contributed by atoms with Crippen molar-refractivity contribution in [3.8, 4) is 0 Å². The Morgan fingerprint density at radius 3 is 2.69 bits per heavy atom. The summed E-state index contributed by atoms with van der Waals surface area (Å²) in [6, 6.07) is 1.01. The van der Waals surface area contributed by atoms with Crippen LogP contribution in [0.15, 0.2) is 0 Å². The number of carbonyl (C=O) groups is 1. The first-order valence-electron chi connectivity index (χ1n) is 9.22. The molecule has 0 aromatic carbocycles. The van der Waals surface area contributed by atoms with Crippen LogP contribution >= 0.6 is 0 Å². The molecule has 0 N–H and O–H groups in total.